The molecule has 1 aliphatic carbocycles. The lowest BCUT2D eigenvalue weighted by Gasteiger charge is -2.14. The second-order valence-electron chi connectivity index (χ2n) is 8.88. The minimum atomic E-state index is -1.02. The summed E-state index contributed by atoms with van der Waals surface area (Å²) in [6.45, 7) is 0.589. The monoisotopic (exact) mass is 507 g/mol. The molecule has 4 aromatic rings. The molecule has 0 aliphatic heterocycles. The highest BCUT2D eigenvalue weighted by atomic mass is 16.5. The summed E-state index contributed by atoms with van der Waals surface area (Å²) in [7, 11) is 0. The number of phenols is 1. The van der Waals surface area contributed by atoms with E-state index >= 15 is 0 Å². The molecule has 0 atom stereocenters. The summed E-state index contributed by atoms with van der Waals surface area (Å²) < 4.78 is 5.57. The molecule has 0 saturated carbocycles. The highest BCUT2D eigenvalue weighted by Gasteiger charge is 2.28. The predicted molar refractivity (Wildman–Crippen MR) is 142 cm³/mol. The highest BCUT2D eigenvalue weighted by molar-refractivity contribution is 5.87. The summed E-state index contributed by atoms with van der Waals surface area (Å²) in [5, 5.41) is 30.0. The molecule has 0 fully saturated rings. The van der Waals surface area contributed by atoms with Crippen LogP contribution in [0.1, 0.15) is 33.0 Å². The van der Waals surface area contributed by atoms with Gasteiger partial charge in [0.2, 0.25) is 0 Å². The van der Waals surface area contributed by atoms with Crippen molar-refractivity contribution in [2.45, 2.75) is 12.3 Å². The number of hydrogen-bond acceptors (Lipinski definition) is 6. The number of fused-ring (bicyclic) bond motifs is 3. The van der Waals surface area contributed by atoms with Gasteiger partial charge in [-0.25, -0.2) is 9.59 Å². The average Bonchev–Trinajstić information content (AvgIpc) is 3.26. The number of phenolic OH excluding ortho intramolecular Hbond substituents is 1. The van der Waals surface area contributed by atoms with E-state index in [9.17, 15) is 14.7 Å². The minimum absolute atomic E-state index is 0.00139. The van der Waals surface area contributed by atoms with E-state index in [4.69, 9.17) is 9.84 Å². The van der Waals surface area contributed by atoms with E-state index in [0.717, 1.165) is 16.7 Å². The Morgan fingerprint density at radius 2 is 1.50 bits per heavy atom. The van der Waals surface area contributed by atoms with Crippen molar-refractivity contribution in [2.24, 2.45) is 10.2 Å². The molecule has 0 spiro atoms. The number of aromatic carboxylic acids is 1. The first-order chi connectivity index (χ1) is 18.5. The molecule has 0 aromatic heterocycles. The van der Waals surface area contributed by atoms with Gasteiger partial charge in [0.15, 0.2) is 0 Å². The maximum absolute atomic E-state index is 12.4. The Hall–Kier alpha value is -4.98. The van der Waals surface area contributed by atoms with Crippen LogP contribution < -0.4 is 5.32 Å². The smallest absolute Gasteiger partial charge is 0.407 e. The molecule has 4 aromatic carbocycles. The number of azo groups is 1. The molecule has 0 bridgehead atoms. The Kier molecular flexibility index (Phi) is 7.13. The van der Waals surface area contributed by atoms with Gasteiger partial charge in [-0.2, -0.15) is 5.11 Å². The van der Waals surface area contributed by atoms with Gasteiger partial charge in [0, 0.05) is 12.5 Å². The third-order valence-electron chi connectivity index (χ3n) is 6.45. The fourth-order valence-electron chi connectivity index (χ4n) is 4.55. The van der Waals surface area contributed by atoms with Crippen LogP contribution in [0.5, 0.6) is 5.75 Å². The molecule has 190 valence electrons. The van der Waals surface area contributed by atoms with Gasteiger partial charge < -0.3 is 20.3 Å². The summed E-state index contributed by atoms with van der Waals surface area (Å²) in [4.78, 5) is 23.4. The van der Waals surface area contributed by atoms with Crippen molar-refractivity contribution in [1.82, 2.24) is 5.32 Å². The number of carboxylic acid groups (broad SMARTS) is 1. The maximum Gasteiger partial charge on any atom is 0.407 e. The SMILES string of the molecule is O=C(NCCc1ccc(O)c(/N=N/c2ccc(C(=O)O)cc2)c1)OCC1c2ccccc2-c2ccccc21. The summed E-state index contributed by atoms with van der Waals surface area (Å²) in [5.41, 5.74) is 6.39. The van der Waals surface area contributed by atoms with Crippen molar-refractivity contribution in [3.63, 3.8) is 0 Å². The Labute approximate surface area is 219 Å². The number of nitrogens with one attached hydrogen (secondary N) is 1. The minimum Gasteiger partial charge on any atom is -0.506 e. The van der Waals surface area contributed by atoms with E-state index in [2.05, 4.69) is 39.8 Å². The standard InChI is InChI=1S/C30H25N3O5/c34-28-14-9-19(17-27(28)33-32-21-12-10-20(11-13-21)29(35)36)15-16-31-30(37)38-18-26-24-7-3-1-5-22(24)23-6-2-4-8-25(23)26/h1-14,17,26,34H,15-16,18H2,(H,31,37)(H,35,36)/b33-32+. The Bertz CT molecular complexity index is 1470. The van der Waals surface area contributed by atoms with Crippen molar-refractivity contribution < 1.29 is 24.5 Å². The summed E-state index contributed by atoms with van der Waals surface area (Å²) in [6, 6.07) is 27.2. The molecule has 38 heavy (non-hydrogen) atoms. The largest absolute Gasteiger partial charge is 0.506 e. The van der Waals surface area contributed by atoms with Crippen LogP contribution in [0.2, 0.25) is 0 Å². The number of aromatic hydroxyl groups is 1. The third-order valence-corrected chi connectivity index (χ3v) is 6.45. The molecule has 0 saturated heterocycles. The van der Waals surface area contributed by atoms with Crippen molar-refractivity contribution in [3.05, 3.63) is 113 Å². The molecule has 0 unspecified atom stereocenters. The summed E-state index contributed by atoms with van der Waals surface area (Å²) in [5.74, 6) is -1.06. The van der Waals surface area contributed by atoms with Crippen LogP contribution in [0, 0.1) is 0 Å². The van der Waals surface area contributed by atoms with Crippen molar-refractivity contribution in [2.75, 3.05) is 13.2 Å². The second kappa shape index (κ2) is 11.0. The predicted octanol–water partition coefficient (Wildman–Crippen LogP) is 6.59. The number of carbonyl (C=O) groups is 2. The van der Waals surface area contributed by atoms with Crippen LogP contribution in [0.15, 0.2) is 101 Å². The van der Waals surface area contributed by atoms with E-state index in [-0.39, 0.29) is 29.5 Å². The summed E-state index contributed by atoms with van der Waals surface area (Å²) >= 11 is 0. The summed E-state index contributed by atoms with van der Waals surface area (Å²) in [6.07, 6.45) is 0.00989. The van der Waals surface area contributed by atoms with Crippen molar-refractivity contribution >= 4 is 23.4 Å². The average molecular weight is 508 g/mol. The van der Waals surface area contributed by atoms with E-state index < -0.39 is 12.1 Å². The zero-order valence-corrected chi connectivity index (χ0v) is 20.4. The molecule has 0 heterocycles. The van der Waals surface area contributed by atoms with Crippen molar-refractivity contribution in [3.8, 4) is 16.9 Å². The number of nitrogens with zero attached hydrogens (tertiary/aromatic N) is 2. The van der Waals surface area contributed by atoms with Crippen molar-refractivity contribution in [1.29, 1.82) is 0 Å². The van der Waals surface area contributed by atoms with Gasteiger partial charge in [-0.05, 0) is 70.6 Å². The molecule has 8 nitrogen and oxygen atoms in total. The van der Waals surface area contributed by atoms with Gasteiger partial charge in [0.1, 0.15) is 18.0 Å². The van der Waals surface area contributed by atoms with Crippen LogP contribution in [0.25, 0.3) is 11.1 Å². The van der Waals surface area contributed by atoms with E-state index in [1.54, 1.807) is 12.1 Å². The van der Waals surface area contributed by atoms with E-state index in [1.807, 2.05) is 24.3 Å². The topological polar surface area (TPSA) is 121 Å². The van der Waals surface area contributed by atoms with Gasteiger partial charge in [0.05, 0.1) is 11.3 Å². The maximum atomic E-state index is 12.4. The Balaban J connectivity index is 1.15. The lowest BCUT2D eigenvalue weighted by Crippen LogP contribution is -2.28. The van der Waals surface area contributed by atoms with Crippen LogP contribution in [0.3, 0.4) is 0 Å². The fraction of sp³-hybridized carbons (Fsp3) is 0.133. The molecule has 8 heteroatoms. The van der Waals surface area contributed by atoms with Crippen LogP contribution in [-0.4, -0.2) is 35.4 Å². The molecule has 1 amide bonds. The number of carboxylic acids is 1. The molecular weight excluding hydrogens is 482 g/mol. The highest BCUT2D eigenvalue weighted by Crippen LogP contribution is 2.44. The van der Waals surface area contributed by atoms with Gasteiger partial charge in [0.25, 0.3) is 0 Å². The van der Waals surface area contributed by atoms with Gasteiger partial charge in [-0.1, -0.05) is 54.6 Å². The number of amides is 1. The molecule has 1 aliphatic rings. The Morgan fingerprint density at radius 1 is 0.842 bits per heavy atom. The van der Waals surface area contributed by atoms with Gasteiger partial charge in [-0.15, -0.1) is 5.11 Å². The quantitative estimate of drug-likeness (QED) is 0.232. The Morgan fingerprint density at radius 3 is 2.16 bits per heavy atom. The van der Waals surface area contributed by atoms with E-state index in [1.165, 1.54) is 41.5 Å². The molecule has 5 rings (SSSR count). The lowest BCUT2D eigenvalue weighted by molar-refractivity contribution is 0.0696. The van der Waals surface area contributed by atoms with E-state index in [0.29, 0.717) is 18.7 Å². The zero-order valence-electron chi connectivity index (χ0n) is 20.4. The van der Waals surface area contributed by atoms with Crippen LogP contribution in [0.4, 0.5) is 16.2 Å². The first-order valence-electron chi connectivity index (χ1n) is 12.2. The number of carbonyl (C=O) groups excluding carboxylic acids is 1. The number of ether oxygens (including phenoxy) is 1. The van der Waals surface area contributed by atoms with Crippen LogP contribution >= 0.6 is 0 Å². The number of rotatable bonds is 8. The molecule has 3 N–H and O–H groups in total. The zero-order chi connectivity index (χ0) is 26.5. The molecular formula is C30H25N3O5. The van der Waals surface area contributed by atoms with Gasteiger partial charge in [-0.3, -0.25) is 0 Å². The third kappa shape index (κ3) is 5.39. The number of hydrogen-bond donors (Lipinski definition) is 3. The van der Waals surface area contributed by atoms with Gasteiger partial charge >= 0.3 is 12.1 Å². The first-order valence-corrected chi connectivity index (χ1v) is 12.2. The number of benzene rings is 4. The fourth-order valence-corrected chi connectivity index (χ4v) is 4.55. The normalized spacial score (nSPS) is 12.2. The second-order valence-corrected chi connectivity index (χ2v) is 8.88. The number of alkyl carbamates (subject to hydrolysis) is 1. The van der Waals surface area contributed by atoms with Crippen LogP contribution in [-0.2, 0) is 11.2 Å². The molecule has 0 radical (unpaired) electrons. The lowest BCUT2D eigenvalue weighted by atomic mass is 9.98. The first kappa shape index (κ1) is 24.7.